The van der Waals surface area contributed by atoms with E-state index in [2.05, 4.69) is 132 Å². The minimum Gasteiger partial charge on any atom is -0.289 e. The summed E-state index contributed by atoms with van der Waals surface area (Å²) in [6.07, 6.45) is 6.22. The third-order valence-electron chi connectivity index (χ3n) is 8.28. The summed E-state index contributed by atoms with van der Waals surface area (Å²) >= 11 is 0. The van der Waals surface area contributed by atoms with Crippen LogP contribution in [0.2, 0.25) is 0 Å². The van der Waals surface area contributed by atoms with Gasteiger partial charge < -0.3 is 0 Å². The number of fused-ring (bicyclic) bond motifs is 10. The highest BCUT2D eigenvalue weighted by Crippen LogP contribution is 2.71. The maximum atomic E-state index is 15.8. The fourth-order valence-electron chi connectivity index (χ4n) is 6.46. The van der Waals surface area contributed by atoms with Gasteiger partial charge in [-0.05, 0) is 64.4 Å². The molecule has 0 bridgehead atoms. The van der Waals surface area contributed by atoms with Crippen LogP contribution in [0.4, 0.5) is 11.4 Å². The van der Waals surface area contributed by atoms with Gasteiger partial charge in [-0.15, -0.1) is 0 Å². The lowest BCUT2D eigenvalue weighted by Crippen LogP contribution is -2.32. The Morgan fingerprint density at radius 2 is 1.15 bits per heavy atom. The smallest absolute Gasteiger partial charge is 0.234 e. The van der Waals surface area contributed by atoms with E-state index in [1.54, 1.807) is 0 Å². The quantitative estimate of drug-likeness (QED) is 0.216. The van der Waals surface area contributed by atoms with E-state index in [4.69, 9.17) is 0 Å². The van der Waals surface area contributed by atoms with E-state index in [-0.39, 0.29) is 0 Å². The maximum Gasteiger partial charge on any atom is 0.234 e. The van der Waals surface area contributed by atoms with E-state index in [0.29, 0.717) is 0 Å². The van der Waals surface area contributed by atoms with Gasteiger partial charge in [0, 0.05) is 21.7 Å². The molecule has 1 unspecified atom stereocenters. The molecule has 0 N–H and O–H groups in total. The molecular weight excluding hydrogens is 493 g/mol. The molecule has 2 aliphatic heterocycles. The van der Waals surface area contributed by atoms with Crippen molar-refractivity contribution >= 4 is 29.5 Å². The Bertz CT molecular complexity index is 1880. The van der Waals surface area contributed by atoms with Crippen molar-refractivity contribution in [1.82, 2.24) is 0 Å². The van der Waals surface area contributed by atoms with Crippen LogP contribution < -0.4 is 9.97 Å². The van der Waals surface area contributed by atoms with Crippen molar-refractivity contribution in [3.63, 3.8) is 0 Å². The lowest BCUT2D eigenvalue weighted by atomic mass is 9.94. The molecule has 0 saturated carbocycles. The standard InChI is InChI=1S/C36H26NOP/c38-39-35-17-9-6-14-31(35)29-12-4-7-15-33(29)37(39)34-16-8-5-13-30(34)32-23-22-28(24-36(32)39)27-20-18-26(19-21-27)25-10-2-1-3-11-25/h1-5,7-13,15-24H,6,14H2. The summed E-state index contributed by atoms with van der Waals surface area (Å²) in [5.41, 5.74) is 11.3. The first-order valence-corrected chi connectivity index (χ1v) is 15.2. The van der Waals surface area contributed by atoms with Gasteiger partial charge >= 0.3 is 0 Å². The number of benzene rings is 5. The zero-order chi connectivity index (χ0) is 26.0. The van der Waals surface area contributed by atoms with Crippen molar-refractivity contribution in [1.29, 1.82) is 0 Å². The van der Waals surface area contributed by atoms with Gasteiger partial charge in [0.25, 0.3) is 0 Å². The number of rotatable bonds is 2. The van der Waals surface area contributed by atoms with Crippen LogP contribution in [0.1, 0.15) is 18.4 Å². The molecule has 0 saturated heterocycles. The summed E-state index contributed by atoms with van der Waals surface area (Å²) in [5.74, 6) is 0. The fraction of sp³-hybridized carbons (Fsp3) is 0.0556. The van der Waals surface area contributed by atoms with Crippen LogP contribution in [0.5, 0.6) is 0 Å². The summed E-state index contributed by atoms with van der Waals surface area (Å²) in [6, 6.07) is 42.6. The van der Waals surface area contributed by atoms with Crippen LogP contribution in [0, 0.1) is 0 Å². The highest BCUT2D eigenvalue weighted by atomic mass is 31.2. The van der Waals surface area contributed by atoms with Crippen molar-refractivity contribution in [3.8, 4) is 33.4 Å². The molecule has 1 aliphatic carbocycles. The van der Waals surface area contributed by atoms with E-state index >= 15 is 4.57 Å². The highest BCUT2D eigenvalue weighted by Gasteiger charge is 2.48. The summed E-state index contributed by atoms with van der Waals surface area (Å²) in [7, 11) is -3.18. The molecule has 2 nitrogen and oxygen atoms in total. The topological polar surface area (TPSA) is 20.3 Å². The Morgan fingerprint density at radius 1 is 0.564 bits per heavy atom. The molecule has 0 fully saturated rings. The third-order valence-corrected chi connectivity index (χ3v) is 11.4. The predicted octanol–water partition coefficient (Wildman–Crippen LogP) is 9.82. The SMILES string of the molecule is O=P12C3=C(CCC=C3)c3ccccc3N1c1ccccc1-c1ccc(-c3ccc(-c4ccccc4)cc3)cc12. The van der Waals surface area contributed by atoms with E-state index in [0.717, 1.165) is 57.1 Å². The van der Waals surface area contributed by atoms with Crippen molar-refractivity contribution in [2.45, 2.75) is 12.8 Å². The van der Waals surface area contributed by atoms with Gasteiger partial charge in [0.2, 0.25) is 7.29 Å². The van der Waals surface area contributed by atoms with Gasteiger partial charge in [-0.2, -0.15) is 0 Å². The van der Waals surface area contributed by atoms with Crippen molar-refractivity contribution in [2.24, 2.45) is 0 Å². The molecule has 0 spiro atoms. The second-order valence-electron chi connectivity index (χ2n) is 10.4. The van der Waals surface area contributed by atoms with E-state index in [9.17, 15) is 0 Å². The van der Waals surface area contributed by atoms with E-state index in [1.807, 2.05) is 6.07 Å². The van der Waals surface area contributed by atoms with Gasteiger partial charge in [0.05, 0.1) is 11.4 Å². The number of allylic oxidation sites excluding steroid dienone is 4. The minimum atomic E-state index is -3.18. The molecule has 39 heavy (non-hydrogen) atoms. The Kier molecular flexibility index (Phi) is 4.96. The average molecular weight is 520 g/mol. The largest absolute Gasteiger partial charge is 0.289 e. The minimum absolute atomic E-state index is 0.915. The Morgan fingerprint density at radius 3 is 1.92 bits per heavy atom. The van der Waals surface area contributed by atoms with Gasteiger partial charge in [0.15, 0.2) is 0 Å². The van der Waals surface area contributed by atoms with Crippen LogP contribution >= 0.6 is 7.29 Å². The number of hydrogen-bond acceptors (Lipinski definition) is 1. The molecule has 2 heterocycles. The second-order valence-corrected chi connectivity index (χ2v) is 12.9. The first-order chi connectivity index (χ1) is 19.2. The molecule has 5 aromatic rings. The van der Waals surface area contributed by atoms with Gasteiger partial charge in [-0.3, -0.25) is 9.24 Å². The lowest BCUT2D eigenvalue weighted by molar-refractivity contribution is 0.585. The van der Waals surface area contributed by atoms with Crippen LogP contribution in [-0.4, -0.2) is 0 Å². The van der Waals surface area contributed by atoms with Crippen LogP contribution in [0.25, 0.3) is 39.0 Å². The Labute approximate surface area is 229 Å². The van der Waals surface area contributed by atoms with Crippen molar-refractivity contribution in [2.75, 3.05) is 4.67 Å². The molecule has 0 radical (unpaired) electrons. The molecule has 1 atom stereocenters. The monoisotopic (exact) mass is 519 g/mol. The zero-order valence-corrected chi connectivity index (χ0v) is 22.3. The molecule has 0 amide bonds. The first kappa shape index (κ1) is 22.6. The molecule has 3 heteroatoms. The average Bonchev–Trinajstić information content (AvgIpc) is 3.02. The summed E-state index contributed by atoms with van der Waals surface area (Å²) < 4.78 is 17.9. The summed E-state index contributed by atoms with van der Waals surface area (Å²) in [5, 5.41) is 1.92. The molecule has 0 aromatic heterocycles. The third kappa shape index (κ3) is 3.25. The van der Waals surface area contributed by atoms with Gasteiger partial charge in [0.1, 0.15) is 0 Å². The predicted molar refractivity (Wildman–Crippen MR) is 164 cm³/mol. The Hall–Kier alpha value is -4.39. The van der Waals surface area contributed by atoms with Crippen molar-refractivity contribution < 1.29 is 4.57 Å². The van der Waals surface area contributed by atoms with Crippen LogP contribution in [0.15, 0.2) is 139 Å². The van der Waals surface area contributed by atoms with Crippen molar-refractivity contribution in [3.05, 3.63) is 144 Å². The molecule has 3 aliphatic rings. The second kappa shape index (κ2) is 8.56. The highest BCUT2D eigenvalue weighted by molar-refractivity contribution is 7.78. The van der Waals surface area contributed by atoms with Crippen LogP contribution in [0.3, 0.4) is 0 Å². The molecular formula is C36H26NOP. The maximum absolute atomic E-state index is 15.8. The Balaban J connectivity index is 1.36. The van der Waals surface area contributed by atoms with Gasteiger partial charge in [-0.1, -0.05) is 115 Å². The number of anilines is 2. The first-order valence-electron chi connectivity index (χ1n) is 13.5. The summed E-state index contributed by atoms with van der Waals surface area (Å²) in [4.78, 5) is 0. The number of para-hydroxylation sites is 2. The van der Waals surface area contributed by atoms with E-state index in [1.165, 1.54) is 22.3 Å². The number of hydrogen-bond donors (Lipinski definition) is 0. The number of nitrogens with zero attached hydrogens (tertiary/aromatic N) is 1. The lowest BCUT2D eigenvalue weighted by Gasteiger charge is -2.45. The fourth-order valence-corrected chi connectivity index (χ4v) is 9.85. The molecule has 8 rings (SSSR count). The summed E-state index contributed by atoms with van der Waals surface area (Å²) in [6.45, 7) is 0. The van der Waals surface area contributed by atoms with Crippen LogP contribution in [-0.2, 0) is 4.57 Å². The van der Waals surface area contributed by atoms with E-state index < -0.39 is 7.29 Å². The molecule has 186 valence electrons. The van der Waals surface area contributed by atoms with Gasteiger partial charge in [-0.25, -0.2) is 0 Å². The normalized spacial score (nSPS) is 18.5. The molecule has 5 aromatic carbocycles. The zero-order valence-electron chi connectivity index (χ0n) is 21.4.